The van der Waals surface area contributed by atoms with Gasteiger partial charge in [-0.15, -0.1) is 5.10 Å². The Kier molecular flexibility index (Phi) is 5.58. The molecule has 0 aliphatic heterocycles. The summed E-state index contributed by atoms with van der Waals surface area (Å²) in [6, 6.07) is 4.30. The summed E-state index contributed by atoms with van der Waals surface area (Å²) < 4.78 is 7.64. The molecule has 0 spiro atoms. The van der Waals surface area contributed by atoms with E-state index < -0.39 is 0 Å². The highest BCUT2D eigenvalue weighted by Gasteiger charge is 2.15. The number of aryl methyl sites for hydroxylation is 3. The van der Waals surface area contributed by atoms with Crippen LogP contribution in [0.3, 0.4) is 0 Å². The Balaban J connectivity index is 2.16. The third-order valence-corrected chi connectivity index (χ3v) is 3.96. The summed E-state index contributed by atoms with van der Waals surface area (Å²) in [7, 11) is 0. The topological polar surface area (TPSA) is 39.9 Å². The molecular weight excluding hydrogens is 274 g/mol. The van der Waals surface area contributed by atoms with Gasteiger partial charge < -0.3 is 4.74 Å². The molecule has 0 saturated heterocycles. The van der Waals surface area contributed by atoms with E-state index in [4.69, 9.17) is 4.74 Å². The predicted octanol–water partition coefficient (Wildman–Crippen LogP) is 4.05. The van der Waals surface area contributed by atoms with Crippen LogP contribution in [0.5, 0.6) is 5.75 Å². The summed E-state index contributed by atoms with van der Waals surface area (Å²) in [5.41, 5.74) is 5.04. The van der Waals surface area contributed by atoms with Crippen molar-refractivity contribution in [2.24, 2.45) is 0 Å². The number of hydrogen-bond donors (Lipinski definition) is 0. The first-order valence-corrected chi connectivity index (χ1v) is 8.18. The minimum absolute atomic E-state index is 0.419. The highest BCUT2D eigenvalue weighted by atomic mass is 16.5. The zero-order valence-corrected chi connectivity index (χ0v) is 14.4. The molecule has 0 saturated carbocycles. The number of rotatable bonds is 7. The summed E-state index contributed by atoms with van der Waals surface area (Å²) in [5.74, 6) is 1.40. The summed E-state index contributed by atoms with van der Waals surface area (Å²) in [6.07, 6.45) is 3.99. The van der Waals surface area contributed by atoms with Gasteiger partial charge in [0.25, 0.3) is 0 Å². The van der Waals surface area contributed by atoms with Crippen molar-refractivity contribution in [3.05, 3.63) is 40.7 Å². The second-order valence-corrected chi connectivity index (χ2v) is 5.99. The molecule has 1 aromatic heterocycles. The van der Waals surface area contributed by atoms with Crippen LogP contribution < -0.4 is 4.74 Å². The van der Waals surface area contributed by atoms with E-state index in [1.165, 1.54) is 16.7 Å². The molecule has 120 valence electrons. The van der Waals surface area contributed by atoms with Gasteiger partial charge in [0.05, 0.1) is 12.3 Å². The predicted molar refractivity (Wildman–Crippen MR) is 89.5 cm³/mol. The molecule has 0 aliphatic carbocycles. The van der Waals surface area contributed by atoms with Gasteiger partial charge in [-0.3, -0.25) is 4.68 Å². The van der Waals surface area contributed by atoms with E-state index >= 15 is 0 Å². The molecule has 4 nitrogen and oxygen atoms in total. The van der Waals surface area contributed by atoms with E-state index in [2.05, 4.69) is 57.1 Å². The fourth-order valence-corrected chi connectivity index (χ4v) is 3.02. The number of benzene rings is 1. The largest absolute Gasteiger partial charge is 0.494 e. The number of hydrogen-bond acceptors (Lipinski definition) is 3. The van der Waals surface area contributed by atoms with Crippen molar-refractivity contribution in [1.29, 1.82) is 0 Å². The van der Waals surface area contributed by atoms with Crippen LogP contribution in [0.25, 0.3) is 0 Å². The third kappa shape index (κ3) is 3.87. The van der Waals surface area contributed by atoms with Gasteiger partial charge in [0, 0.05) is 12.7 Å². The van der Waals surface area contributed by atoms with E-state index in [-0.39, 0.29) is 0 Å². The molecular formula is C18H27N3O. The molecule has 0 radical (unpaired) electrons. The van der Waals surface area contributed by atoms with Gasteiger partial charge in [-0.1, -0.05) is 19.1 Å². The van der Waals surface area contributed by atoms with Gasteiger partial charge in [-0.05, 0) is 68.4 Å². The highest BCUT2D eigenvalue weighted by molar-refractivity contribution is 5.43. The molecule has 2 aromatic rings. The van der Waals surface area contributed by atoms with Crippen LogP contribution in [-0.2, 0) is 13.0 Å². The zero-order valence-electron chi connectivity index (χ0n) is 14.4. The lowest BCUT2D eigenvalue weighted by Crippen LogP contribution is -2.05. The van der Waals surface area contributed by atoms with Crippen LogP contribution in [0.1, 0.15) is 55.5 Å². The van der Waals surface area contributed by atoms with Gasteiger partial charge >= 0.3 is 0 Å². The second-order valence-electron chi connectivity index (χ2n) is 5.99. The van der Waals surface area contributed by atoms with Crippen molar-refractivity contribution in [3.63, 3.8) is 0 Å². The van der Waals surface area contributed by atoms with Crippen molar-refractivity contribution in [3.8, 4) is 5.75 Å². The summed E-state index contributed by atoms with van der Waals surface area (Å²) in [4.78, 5) is 0. The van der Waals surface area contributed by atoms with Gasteiger partial charge in [0.15, 0.2) is 0 Å². The lowest BCUT2D eigenvalue weighted by molar-refractivity contribution is 0.317. The maximum absolute atomic E-state index is 5.76. The zero-order chi connectivity index (χ0) is 16.1. The molecule has 1 heterocycles. The molecule has 0 amide bonds. The van der Waals surface area contributed by atoms with Crippen molar-refractivity contribution in [2.45, 2.75) is 59.9 Å². The monoisotopic (exact) mass is 301 g/mol. The van der Waals surface area contributed by atoms with Gasteiger partial charge in [-0.25, -0.2) is 0 Å². The molecule has 22 heavy (non-hydrogen) atoms. The Bertz CT molecular complexity index is 596. The van der Waals surface area contributed by atoms with Gasteiger partial charge in [0.1, 0.15) is 5.75 Å². The molecule has 0 fully saturated rings. The van der Waals surface area contributed by atoms with Crippen molar-refractivity contribution < 1.29 is 4.74 Å². The molecule has 0 aliphatic rings. The highest BCUT2D eigenvalue weighted by Crippen LogP contribution is 2.30. The lowest BCUT2D eigenvalue weighted by Gasteiger charge is -2.18. The van der Waals surface area contributed by atoms with Gasteiger partial charge in [-0.2, -0.15) is 0 Å². The summed E-state index contributed by atoms with van der Waals surface area (Å²) >= 11 is 0. The first kappa shape index (κ1) is 16.5. The Morgan fingerprint density at radius 2 is 1.86 bits per heavy atom. The minimum atomic E-state index is 0.419. The summed E-state index contributed by atoms with van der Waals surface area (Å²) in [5, 5.41) is 8.38. The molecule has 0 N–H and O–H groups in total. The quantitative estimate of drug-likeness (QED) is 0.774. The fraction of sp³-hybridized carbons (Fsp3) is 0.556. The van der Waals surface area contributed by atoms with E-state index in [9.17, 15) is 0 Å². The maximum atomic E-state index is 5.76. The smallest absolute Gasteiger partial charge is 0.119 e. The van der Waals surface area contributed by atoms with Crippen molar-refractivity contribution >= 4 is 0 Å². The summed E-state index contributed by atoms with van der Waals surface area (Å²) in [6.45, 7) is 12.4. The lowest BCUT2D eigenvalue weighted by atomic mass is 9.89. The second kappa shape index (κ2) is 7.43. The molecule has 4 heteroatoms. The van der Waals surface area contributed by atoms with Crippen molar-refractivity contribution in [1.82, 2.24) is 15.0 Å². The van der Waals surface area contributed by atoms with Crippen LogP contribution in [0, 0.1) is 13.8 Å². The number of ether oxygens (including phenoxy) is 1. The van der Waals surface area contributed by atoms with Crippen molar-refractivity contribution in [2.75, 3.05) is 6.61 Å². The first-order chi connectivity index (χ1) is 10.5. The standard InChI is InChI=1S/C18H27N3O/c1-6-8-22-17-10-14(4)18(15(5)11-17)13(3)9-16-12-21(7-2)20-19-16/h10-13H,6-9H2,1-5H3. The SMILES string of the molecule is CCCOc1cc(C)c(C(C)Cc2cn(CC)nn2)c(C)c1. The van der Waals surface area contributed by atoms with Crippen LogP contribution in [0.4, 0.5) is 0 Å². The van der Waals surface area contributed by atoms with Gasteiger partial charge in [0.2, 0.25) is 0 Å². The Morgan fingerprint density at radius 1 is 1.18 bits per heavy atom. The Labute approximate surface area is 133 Å². The maximum Gasteiger partial charge on any atom is 0.119 e. The van der Waals surface area contributed by atoms with E-state index in [0.29, 0.717) is 5.92 Å². The van der Waals surface area contributed by atoms with Crippen LogP contribution in [0.15, 0.2) is 18.3 Å². The van der Waals surface area contributed by atoms with E-state index in [1.54, 1.807) is 0 Å². The first-order valence-electron chi connectivity index (χ1n) is 8.18. The average molecular weight is 301 g/mol. The number of nitrogens with zero attached hydrogens (tertiary/aromatic N) is 3. The van der Waals surface area contributed by atoms with E-state index in [1.807, 2.05) is 10.9 Å². The molecule has 1 atom stereocenters. The Hall–Kier alpha value is -1.84. The van der Waals surface area contributed by atoms with Crippen LogP contribution in [0.2, 0.25) is 0 Å². The molecule has 1 unspecified atom stereocenters. The molecule has 1 aromatic carbocycles. The molecule has 0 bridgehead atoms. The fourth-order valence-electron chi connectivity index (χ4n) is 3.02. The number of aromatic nitrogens is 3. The molecule has 2 rings (SSSR count). The minimum Gasteiger partial charge on any atom is -0.494 e. The van der Waals surface area contributed by atoms with Crippen LogP contribution >= 0.6 is 0 Å². The van der Waals surface area contributed by atoms with Crippen LogP contribution in [-0.4, -0.2) is 21.6 Å². The third-order valence-electron chi connectivity index (χ3n) is 3.96. The normalized spacial score (nSPS) is 12.4. The van der Waals surface area contributed by atoms with E-state index in [0.717, 1.165) is 37.4 Å². The average Bonchev–Trinajstić information content (AvgIpc) is 2.92. The Morgan fingerprint density at radius 3 is 2.41 bits per heavy atom.